The first-order valence-corrected chi connectivity index (χ1v) is 9.34. The van der Waals surface area contributed by atoms with E-state index in [0.717, 1.165) is 28.2 Å². The molecule has 0 aromatic carbocycles. The first kappa shape index (κ1) is 18.6. The number of anilines is 1. The quantitative estimate of drug-likeness (QED) is 0.545. The van der Waals surface area contributed by atoms with Crippen LogP contribution in [0.3, 0.4) is 0 Å². The van der Waals surface area contributed by atoms with Gasteiger partial charge >= 0.3 is 6.03 Å². The number of aryl methyl sites for hydroxylation is 1. The zero-order valence-electron chi connectivity index (χ0n) is 16.5. The Labute approximate surface area is 167 Å². The summed E-state index contributed by atoms with van der Waals surface area (Å²) in [5.41, 5.74) is 2.35. The van der Waals surface area contributed by atoms with E-state index in [1.165, 1.54) is 0 Å². The number of aromatic nitrogens is 6. The minimum atomic E-state index is -0.306. The highest BCUT2D eigenvalue weighted by Gasteiger charge is 2.10. The number of carbonyl (C=O) groups is 1. The predicted octanol–water partition coefficient (Wildman–Crippen LogP) is 3.22. The summed E-state index contributed by atoms with van der Waals surface area (Å²) in [6, 6.07) is 5.56. The minimum Gasteiger partial charge on any atom is -0.334 e. The third kappa shape index (κ3) is 3.93. The van der Waals surface area contributed by atoms with Gasteiger partial charge in [0.05, 0.1) is 18.1 Å². The number of pyridine rings is 2. The van der Waals surface area contributed by atoms with Crippen molar-refractivity contribution < 1.29 is 4.79 Å². The van der Waals surface area contributed by atoms with Crippen molar-refractivity contribution in [1.29, 1.82) is 0 Å². The summed E-state index contributed by atoms with van der Waals surface area (Å²) >= 11 is 0. The maximum absolute atomic E-state index is 12.3. The van der Waals surface area contributed by atoms with Gasteiger partial charge in [0.1, 0.15) is 11.6 Å². The largest absolute Gasteiger partial charge is 0.334 e. The highest BCUT2D eigenvalue weighted by molar-refractivity contribution is 5.91. The average Bonchev–Trinajstić information content (AvgIpc) is 3.32. The summed E-state index contributed by atoms with van der Waals surface area (Å²) in [5.74, 6) is 1.61. The van der Waals surface area contributed by atoms with Crippen LogP contribution < -0.4 is 10.6 Å². The van der Waals surface area contributed by atoms with Crippen molar-refractivity contribution in [2.24, 2.45) is 0 Å². The summed E-state index contributed by atoms with van der Waals surface area (Å²) < 4.78 is 3.74. The number of imidazole rings is 1. The lowest BCUT2D eigenvalue weighted by molar-refractivity contribution is 0.251. The van der Waals surface area contributed by atoms with Gasteiger partial charge in [-0.3, -0.25) is 4.57 Å². The van der Waals surface area contributed by atoms with Gasteiger partial charge < -0.3 is 10.6 Å². The lowest BCUT2D eigenvalue weighted by Gasteiger charge is -2.10. The summed E-state index contributed by atoms with van der Waals surface area (Å²) in [7, 11) is 0. The zero-order chi connectivity index (χ0) is 20.4. The van der Waals surface area contributed by atoms with Gasteiger partial charge in [0.25, 0.3) is 0 Å². The number of hydrogen-bond donors (Lipinski definition) is 2. The molecule has 0 bridgehead atoms. The molecule has 4 aromatic heterocycles. The van der Waals surface area contributed by atoms with Gasteiger partial charge in [0.2, 0.25) is 0 Å². The van der Waals surface area contributed by atoms with Gasteiger partial charge in [-0.2, -0.15) is 5.10 Å². The molecule has 4 heterocycles. The summed E-state index contributed by atoms with van der Waals surface area (Å²) in [4.78, 5) is 25.3. The highest BCUT2D eigenvalue weighted by atomic mass is 16.2. The van der Waals surface area contributed by atoms with E-state index in [0.29, 0.717) is 12.2 Å². The Hall–Kier alpha value is -3.75. The molecule has 0 fully saturated rings. The van der Waals surface area contributed by atoms with E-state index in [2.05, 4.69) is 30.7 Å². The van der Waals surface area contributed by atoms with Crippen LogP contribution in [0.4, 0.5) is 10.5 Å². The molecule has 2 amide bonds. The molecule has 9 heteroatoms. The smallest absolute Gasteiger partial charge is 0.319 e. The summed E-state index contributed by atoms with van der Waals surface area (Å²) in [6.45, 7) is 6.38. The second kappa shape index (κ2) is 7.70. The Morgan fingerprint density at radius 2 is 2.00 bits per heavy atom. The number of hydrogen-bond acceptors (Lipinski definition) is 5. The maximum Gasteiger partial charge on any atom is 0.319 e. The molecule has 4 rings (SSSR count). The topological polar surface area (TPSA) is 103 Å². The molecule has 0 aliphatic carbocycles. The fraction of sp³-hybridized carbons (Fsp3) is 0.250. The van der Waals surface area contributed by atoms with Crippen LogP contribution in [0.15, 0.2) is 49.2 Å². The number of nitrogens with one attached hydrogen (secondary N) is 2. The molecule has 2 N–H and O–H groups in total. The third-order valence-corrected chi connectivity index (χ3v) is 4.52. The Bertz CT molecular complexity index is 1160. The SMILES string of the molecule is Cc1nccn1-c1cc(CNC(=O)Nc2cnc3c(cnn3C(C)C)c2)ccn1. The van der Waals surface area contributed by atoms with Gasteiger partial charge in [-0.05, 0) is 44.5 Å². The van der Waals surface area contributed by atoms with Crippen LogP contribution in [0.5, 0.6) is 0 Å². The monoisotopic (exact) mass is 390 g/mol. The number of nitrogens with zero attached hydrogens (tertiary/aromatic N) is 6. The standard InChI is InChI=1S/C20H22N8O/c1-13(2)28-19-16(11-25-28)9-17(12-23-19)26-20(29)24-10-15-4-5-22-18(8-15)27-7-6-21-14(27)3/h4-9,11-13H,10H2,1-3H3,(H2,24,26,29). The Kier molecular flexibility index (Phi) is 4.94. The molecule has 29 heavy (non-hydrogen) atoms. The Balaban J connectivity index is 1.40. The van der Waals surface area contributed by atoms with E-state index in [-0.39, 0.29) is 12.1 Å². The van der Waals surface area contributed by atoms with Gasteiger partial charge in [-0.25, -0.2) is 24.4 Å². The molecule has 0 saturated carbocycles. The van der Waals surface area contributed by atoms with Crippen molar-refractivity contribution >= 4 is 22.8 Å². The van der Waals surface area contributed by atoms with Gasteiger partial charge in [-0.15, -0.1) is 0 Å². The predicted molar refractivity (Wildman–Crippen MR) is 110 cm³/mol. The van der Waals surface area contributed by atoms with E-state index < -0.39 is 0 Å². The number of fused-ring (bicyclic) bond motifs is 1. The molecular weight excluding hydrogens is 368 g/mol. The van der Waals surface area contributed by atoms with Crippen LogP contribution >= 0.6 is 0 Å². The van der Waals surface area contributed by atoms with E-state index in [1.807, 2.05) is 54.4 Å². The van der Waals surface area contributed by atoms with Crippen LogP contribution in [0.2, 0.25) is 0 Å². The van der Waals surface area contributed by atoms with Crippen LogP contribution in [0, 0.1) is 6.92 Å². The lowest BCUT2D eigenvalue weighted by atomic mass is 10.2. The second-order valence-electron chi connectivity index (χ2n) is 6.99. The second-order valence-corrected chi connectivity index (χ2v) is 6.99. The molecule has 0 saturated heterocycles. The van der Waals surface area contributed by atoms with Gasteiger partial charge in [-0.1, -0.05) is 0 Å². The first-order chi connectivity index (χ1) is 14.0. The van der Waals surface area contributed by atoms with E-state index in [9.17, 15) is 4.79 Å². The zero-order valence-corrected chi connectivity index (χ0v) is 16.5. The van der Waals surface area contributed by atoms with Crippen molar-refractivity contribution in [1.82, 2.24) is 34.6 Å². The Morgan fingerprint density at radius 3 is 2.76 bits per heavy atom. The molecule has 0 atom stereocenters. The van der Waals surface area contributed by atoms with Crippen LogP contribution in [-0.2, 0) is 6.54 Å². The van der Waals surface area contributed by atoms with Crippen molar-refractivity contribution in [2.75, 3.05) is 5.32 Å². The molecule has 0 aliphatic heterocycles. The normalized spacial score (nSPS) is 11.2. The fourth-order valence-corrected chi connectivity index (χ4v) is 3.07. The van der Waals surface area contributed by atoms with Crippen LogP contribution in [0.25, 0.3) is 16.9 Å². The number of carbonyl (C=O) groups excluding carboxylic acids is 1. The first-order valence-electron chi connectivity index (χ1n) is 9.34. The molecule has 0 radical (unpaired) electrons. The number of urea groups is 1. The summed E-state index contributed by atoms with van der Waals surface area (Å²) in [5, 5.41) is 10.9. The molecule has 148 valence electrons. The third-order valence-electron chi connectivity index (χ3n) is 4.52. The van der Waals surface area contributed by atoms with E-state index >= 15 is 0 Å². The van der Waals surface area contributed by atoms with Gasteiger partial charge in [0, 0.05) is 36.6 Å². The number of rotatable bonds is 5. The van der Waals surface area contributed by atoms with Crippen molar-refractivity contribution in [3.8, 4) is 5.82 Å². The molecule has 9 nitrogen and oxygen atoms in total. The molecule has 0 spiro atoms. The lowest BCUT2D eigenvalue weighted by Crippen LogP contribution is -2.28. The Morgan fingerprint density at radius 1 is 1.14 bits per heavy atom. The van der Waals surface area contributed by atoms with Crippen molar-refractivity contribution in [3.05, 3.63) is 60.6 Å². The number of amides is 2. The fourth-order valence-electron chi connectivity index (χ4n) is 3.07. The van der Waals surface area contributed by atoms with Crippen LogP contribution in [0.1, 0.15) is 31.3 Å². The van der Waals surface area contributed by atoms with E-state index in [1.54, 1.807) is 24.8 Å². The summed E-state index contributed by atoms with van der Waals surface area (Å²) in [6.07, 6.45) is 8.68. The molecular formula is C20H22N8O. The van der Waals surface area contributed by atoms with Crippen molar-refractivity contribution in [3.63, 3.8) is 0 Å². The minimum absolute atomic E-state index is 0.221. The molecule has 0 unspecified atom stereocenters. The van der Waals surface area contributed by atoms with Crippen LogP contribution in [-0.4, -0.2) is 35.3 Å². The van der Waals surface area contributed by atoms with Crippen molar-refractivity contribution in [2.45, 2.75) is 33.4 Å². The molecule has 4 aromatic rings. The highest BCUT2D eigenvalue weighted by Crippen LogP contribution is 2.19. The average molecular weight is 390 g/mol. The van der Waals surface area contributed by atoms with E-state index in [4.69, 9.17) is 0 Å². The molecule has 0 aliphatic rings. The van der Waals surface area contributed by atoms with Gasteiger partial charge in [0.15, 0.2) is 5.65 Å². The maximum atomic E-state index is 12.3.